The van der Waals surface area contributed by atoms with Gasteiger partial charge in [-0.1, -0.05) is 0 Å². The third kappa shape index (κ3) is 4.33. The predicted octanol–water partition coefficient (Wildman–Crippen LogP) is 4.11. The van der Waals surface area contributed by atoms with Gasteiger partial charge in [0, 0.05) is 17.6 Å². The van der Waals surface area contributed by atoms with Gasteiger partial charge in [-0.15, -0.1) is 11.3 Å². The highest BCUT2D eigenvalue weighted by molar-refractivity contribution is 7.20. The number of aromatic nitrogens is 2. The van der Waals surface area contributed by atoms with Gasteiger partial charge in [-0.05, 0) is 59.4 Å². The summed E-state index contributed by atoms with van der Waals surface area (Å²) in [5.41, 5.74) is 1.56. The zero-order valence-electron chi connectivity index (χ0n) is 17.8. The maximum Gasteiger partial charge on any atom is 0.390 e. The number of aryl methyl sites for hydroxylation is 2. The lowest BCUT2D eigenvalue weighted by Crippen LogP contribution is -2.53. The van der Waals surface area contributed by atoms with Crippen LogP contribution in [0.4, 0.5) is 13.2 Å². The van der Waals surface area contributed by atoms with E-state index in [9.17, 15) is 22.8 Å². The molecule has 1 N–H and O–H groups in total. The Hall–Kier alpha value is -2.10. The second-order valence-corrected chi connectivity index (χ2v) is 10.2. The molecule has 30 heavy (non-hydrogen) atoms. The Labute approximate surface area is 176 Å². The number of nitrogens with zero attached hydrogens (tertiary/aromatic N) is 3. The molecule has 0 bridgehead atoms. The summed E-state index contributed by atoms with van der Waals surface area (Å²) >= 11 is 1.12. The number of fused-ring (bicyclic) bond motifs is 1. The van der Waals surface area contributed by atoms with Gasteiger partial charge in [0.15, 0.2) is 0 Å². The van der Waals surface area contributed by atoms with Gasteiger partial charge in [0.1, 0.15) is 4.83 Å². The second-order valence-electron chi connectivity index (χ2n) is 9.18. The first-order chi connectivity index (χ1) is 13.7. The van der Waals surface area contributed by atoms with E-state index in [1.54, 1.807) is 13.1 Å². The van der Waals surface area contributed by atoms with Crippen molar-refractivity contribution >= 4 is 27.8 Å². The van der Waals surface area contributed by atoms with Gasteiger partial charge in [0.05, 0.1) is 22.9 Å². The van der Waals surface area contributed by atoms with E-state index in [0.717, 1.165) is 22.3 Å². The Morgan fingerprint density at radius 2 is 1.87 bits per heavy atom. The zero-order valence-corrected chi connectivity index (χ0v) is 18.6. The summed E-state index contributed by atoms with van der Waals surface area (Å²) in [6.45, 7) is 8.85. The van der Waals surface area contributed by atoms with Crippen molar-refractivity contribution in [3.05, 3.63) is 31.3 Å². The molecule has 2 aromatic heterocycles. The molecule has 0 spiro atoms. The summed E-state index contributed by atoms with van der Waals surface area (Å²) in [7, 11) is 0. The second kappa shape index (κ2) is 7.55. The molecule has 2 heterocycles. The highest BCUT2D eigenvalue weighted by atomic mass is 32.1. The van der Waals surface area contributed by atoms with Crippen LogP contribution in [0.3, 0.4) is 0 Å². The summed E-state index contributed by atoms with van der Waals surface area (Å²) in [6.07, 6.45) is -1.80. The lowest BCUT2D eigenvalue weighted by molar-refractivity contribution is -0.136. The number of halogens is 3. The number of hydrazone groups is 1. The lowest BCUT2D eigenvalue weighted by atomic mass is 9.78. The topological polar surface area (TPSA) is 68.4 Å². The van der Waals surface area contributed by atoms with Crippen molar-refractivity contribution in [3.8, 4) is 0 Å². The van der Waals surface area contributed by atoms with Gasteiger partial charge in [0.25, 0.3) is 5.56 Å². The van der Waals surface area contributed by atoms with Crippen molar-refractivity contribution in [2.24, 2.45) is 5.10 Å². The quantitative estimate of drug-likeness (QED) is 0.558. The largest absolute Gasteiger partial charge is 0.390 e. The van der Waals surface area contributed by atoms with E-state index >= 15 is 0 Å². The molecule has 0 unspecified atom stereocenters. The Bertz CT molecular complexity index is 1100. The monoisotopic (exact) mass is 444 g/mol. The van der Waals surface area contributed by atoms with Gasteiger partial charge in [0.2, 0.25) is 0 Å². The lowest BCUT2D eigenvalue weighted by Gasteiger charge is -2.39. The molecule has 1 fully saturated rings. The standard InChI is InChI=1S/C20H27F3N4O2S/c1-12-13(11-24-25-18(2,3)4)30-16-14(12)15(28)27(19(5)7-6-8-19)17(29)26(16)10-9-20(21,22)23/h11,25H,6-10H2,1-5H3. The van der Waals surface area contributed by atoms with Crippen molar-refractivity contribution < 1.29 is 13.2 Å². The van der Waals surface area contributed by atoms with Crippen LogP contribution >= 0.6 is 11.3 Å². The van der Waals surface area contributed by atoms with Crippen LogP contribution in [0.15, 0.2) is 14.7 Å². The molecule has 166 valence electrons. The van der Waals surface area contributed by atoms with Crippen molar-refractivity contribution in [3.63, 3.8) is 0 Å². The van der Waals surface area contributed by atoms with Crippen molar-refractivity contribution in [1.82, 2.24) is 14.6 Å². The first-order valence-electron chi connectivity index (χ1n) is 9.90. The van der Waals surface area contributed by atoms with E-state index < -0.39 is 35.9 Å². The fourth-order valence-electron chi connectivity index (χ4n) is 3.60. The molecule has 10 heteroatoms. The minimum Gasteiger partial charge on any atom is -0.305 e. The van der Waals surface area contributed by atoms with Crippen LogP contribution < -0.4 is 16.7 Å². The maximum atomic E-state index is 13.3. The van der Waals surface area contributed by atoms with Gasteiger partial charge in [-0.3, -0.25) is 13.9 Å². The van der Waals surface area contributed by atoms with E-state index in [0.29, 0.717) is 28.7 Å². The van der Waals surface area contributed by atoms with Crippen molar-refractivity contribution in [2.75, 3.05) is 0 Å². The number of thiophene rings is 1. The third-order valence-corrected chi connectivity index (χ3v) is 6.67. The number of alkyl halides is 3. The summed E-state index contributed by atoms with van der Waals surface area (Å²) in [4.78, 5) is 27.3. The fraction of sp³-hybridized carbons (Fsp3) is 0.650. The number of nitrogens with one attached hydrogen (secondary N) is 1. The van der Waals surface area contributed by atoms with Crippen molar-refractivity contribution in [2.45, 2.75) is 84.1 Å². The minimum atomic E-state index is -4.40. The molecule has 0 radical (unpaired) electrons. The van der Waals surface area contributed by atoms with Gasteiger partial charge in [-0.2, -0.15) is 18.3 Å². The molecule has 1 aliphatic carbocycles. The Balaban J connectivity index is 2.22. The first-order valence-corrected chi connectivity index (χ1v) is 10.7. The molecule has 3 rings (SSSR count). The first kappa shape index (κ1) is 22.6. The highest BCUT2D eigenvalue weighted by Gasteiger charge is 2.38. The zero-order chi connectivity index (χ0) is 22.5. The average Bonchev–Trinajstić information content (AvgIpc) is 2.88. The molecule has 6 nitrogen and oxygen atoms in total. The van der Waals surface area contributed by atoms with E-state index in [4.69, 9.17) is 0 Å². The van der Waals surface area contributed by atoms with E-state index in [1.165, 1.54) is 4.57 Å². The summed E-state index contributed by atoms with van der Waals surface area (Å²) in [5, 5.41) is 4.49. The fourth-order valence-corrected chi connectivity index (χ4v) is 4.79. The number of hydrogen-bond donors (Lipinski definition) is 1. The van der Waals surface area contributed by atoms with E-state index in [2.05, 4.69) is 10.5 Å². The molecule has 2 aromatic rings. The van der Waals surface area contributed by atoms with E-state index in [-0.39, 0.29) is 10.4 Å². The molecular formula is C20H27F3N4O2S. The van der Waals surface area contributed by atoms with Gasteiger partial charge in [-0.25, -0.2) is 4.79 Å². The minimum absolute atomic E-state index is 0.262. The molecule has 0 amide bonds. The summed E-state index contributed by atoms with van der Waals surface area (Å²) in [6, 6.07) is 0. The van der Waals surface area contributed by atoms with Crippen LogP contribution in [0, 0.1) is 6.92 Å². The molecule has 1 saturated carbocycles. The SMILES string of the molecule is Cc1c(C=NNC(C)(C)C)sc2c1c(=O)n(C1(C)CCC1)c(=O)n2CCC(F)(F)F. The molecule has 0 aromatic carbocycles. The van der Waals surface area contributed by atoms with Crippen molar-refractivity contribution in [1.29, 1.82) is 0 Å². The van der Waals surface area contributed by atoms with Gasteiger partial charge < -0.3 is 5.43 Å². The normalized spacial score (nSPS) is 16.9. The average molecular weight is 445 g/mol. The third-order valence-electron chi connectivity index (χ3n) is 5.42. The highest BCUT2D eigenvalue weighted by Crippen LogP contribution is 2.37. The van der Waals surface area contributed by atoms with Crippen LogP contribution in [0.5, 0.6) is 0 Å². The number of rotatable bonds is 5. The molecular weight excluding hydrogens is 417 g/mol. The maximum absolute atomic E-state index is 13.3. The molecule has 0 saturated heterocycles. The summed E-state index contributed by atoms with van der Waals surface area (Å²) < 4.78 is 41.0. The Kier molecular flexibility index (Phi) is 5.68. The smallest absolute Gasteiger partial charge is 0.305 e. The van der Waals surface area contributed by atoms with Crippen LogP contribution in [-0.2, 0) is 12.1 Å². The molecule has 1 aliphatic rings. The van der Waals surface area contributed by atoms with Gasteiger partial charge >= 0.3 is 11.9 Å². The van der Waals surface area contributed by atoms with Crippen LogP contribution in [0.1, 0.15) is 63.8 Å². The predicted molar refractivity (Wildman–Crippen MR) is 114 cm³/mol. The Morgan fingerprint density at radius 3 is 2.37 bits per heavy atom. The van der Waals surface area contributed by atoms with Crippen LogP contribution in [-0.4, -0.2) is 27.1 Å². The Morgan fingerprint density at radius 1 is 1.23 bits per heavy atom. The van der Waals surface area contributed by atoms with Crippen LogP contribution in [0.2, 0.25) is 0 Å². The van der Waals surface area contributed by atoms with Crippen LogP contribution in [0.25, 0.3) is 10.2 Å². The van der Waals surface area contributed by atoms with E-state index in [1.807, 2.05) is 27.7 Å². The number of hydrogen-bond acceptors (Lipinski definition) is 5. The molecule has 0 atom stereocenters. The molecule has 0 aliphatic heterocycles. The summed E-state index contributed by atoms with van der Waals surface area (Å²) in [5.74, 6) is 0.